The van der Waals surface area contributed by atoms with Crippen LogP contribution in [-0.4, -0.2) is 45.2 Å². The molecule has 0 aliphatic heterocycles. The van der Waals surface area contributed by atoms with Crippen LogP contribution in [0.1, 0.15) is 39.2 Å². The lowest BCUT2D eigenvalue weighted by Crippen LogP contribution is -2.25. The van der Waals surface area contributed by atoms with Crippen molar-refractivity contribution in [3.05, 3.63) is 48.2 Å². The van der Waals surface area contributed by atoms with Crippen molar-refractivity contribution in [3.8, 4) is 17.1 Å². The zero-order chi connectivity index (χ0) is 21.7. The van der Waals surface area contributed by atoms with Gasteiger partial charge in [-0.05, 0) is 51.5 Å². The fraction of sp³-hybridized carbons (Fsp3) is 0.455. The molecule has 0 bridgehead atoms. The quantitative estimate of drug-likeness (QED) is 0.471. The van der Waals surface area contributed by atoms with Gasteiger partial charge >= 0.3 is 6.18 Å². The van der Waals surface area contributed by atoms with Crippen LogP contribution in [0.5, 0.6) is 5.88 Å². The average Bonchev–Trinajstić information content (AvgIpc) is 3.14. The predicted octanol–water partition coefficient (Wildman–Crippen LogP) is 5.30. The van der Waals surface area contributed by atoms with Gasteiger partial charge in [0, 0.05) is 11.6 Å². The Morgan fingerprint density at radius 2 is 1.83 bits per heavy atom. The van der Waals surface area contributed by atoms with E-state index in [4.69, 9.17) is 4.74 Å². The molecule has 0 N–H and O–H groups in total. The Balaban J connectivity index is 1.79. The molecule has 1 unspecified atom stereocenters. The van der Waals surface area contributed by atoms with E-state index in [-0.39, 0.29) is 17.4 Å². The first kappa shape index (κ1) is 22.1. The molecule has 1 atom stereocenters. The summed E-state index contributed by atoms with van der Waals surface area (Å²) in [5.41, 5.74) is 0.0557. The van der Waals surface area contributed by atoms with Crippen LogP contribution in [0.25, 0.3) is 16.9 Å². The summed E-state index contributed by atoms with van der Waals surface area (Å²) < 4.78 is 47.7. The molecule has 30 heavy (non-hydrogen) atoms. The first-order valence-corrected chi connectivity index (χ1v) is 10.2. The number of alkyl halides is 3. The van der Waals surface area contributed by atoms with Crippen molar-refractivity contribution in [2.75, 3.05) is 19.6 Å². The Kier molecular flexibility index (Phi) is 6.97. The summed E-state index contributed by atoms with van der Waals surface area (Å²) in [6, 6.07) is 8.83. The molecule has 5 nitrogen and oxygen atoms in total. The minimum Gasteiger partial charge on any atom is -0.474 e. The molecule has 162 valence electrons. The van der Waals surface area contributed by atoms with E-state index in [0.29, 0.717) is 11.5 Å². The molecule has 0 saturated heterocycles. The first-order valence-electron chi connectivity index (χ1n) is 10.2. The maximum Gasteiger partial charge on any atom is 0.417 e. The van der Waals surface area contributed by atoms with Crippen LogP contribution in [0.2, 0.25) is 0 Å². The van der Waals surface area contributed by atoms with E-state index in [1.165, 1.54) is 22.8 Å². The molecule has 0 aliphatic carbocycles. The highest BCUT2D eigenvalue weighted by Gasteiger charge is 2.34. The molecular formula is C22H27F3N4O. The van der Waals surface area contributed by atoms with E-state index in [1.807, 2.05) is 6.92 Å². The molecule has 0 amide bonds. The first-order chi connectivity index (χ1) is 14.3. The number of imidazole rings is 1. The Labute approximate surface area is 174 Å². The van der Waals surface area contributed by atoms with Crippen LogP contribution in [0.15, 0.2) is 42.6 Å². The van der Waals surface area contributed by atoms with Gasteiger partial charge < -0.3 is 9.64 Å². The van der Waals surface area contributed by atoms with Gasteiger partial charge in [0.05, 0.1) is 23.6 Å². The summed E-state index contributed by atoms with van der Waals surface area (Å²) in [5.74, 6) is 0.363. The monoisotopic (exact) mass is 420 g/mol. The third-order valence-corrected chi connectivity index (χ3v) is 5.15. The van der Waals surface area contributed by atoms with E-state index in [9.17, 15) is 13.2 Å². The largest absolute Gasteiger partial charge is 0.474 e. The number of ether oxygens (including phenoxy) is 1. The Hall–Kier alpha value is -2.61. The van der Waals surface area contributed by atoms with Crippen molar-refractivity contribution in [3.63, 3.8) is 0 Å². The molecule has 2 heterocycles. The number of halogens is 3. The van der Waals surface area contributed by atoms with Gasteiger partial charge in [-0.3, -0.25) is 0 Å². The number of rotatable bonds is 9. The second kappa shape index (κ2) is 9.47. The van der Waals surface area contributed by atoms with Gasteiger partial charge in [-0.2, -0.15) is 13.2 Å². The normalized spacial score (nSPS) is 13.2. The molecule has 3 rings (SSSR count). The van der Waals surface area contributed by atoms with Crippen LogP contribution < -0.4 is 4.74 Å². The minimum absolute atomic E-state index is 0.0365. The molecule has 0 aliphatic rings. The fourth-order valence-electron chi connectivity index (χ4n) is 3.46. The van der Waals surface area contributed by atoms with E-state index < -0.39 is 11.7 Å². The van der Waals surface area contributed by atoms with Gasteiger partial charge in [0.25, 0.3) is 0 Å². The van der Waals surface area contributed by atoms with Crippen molar-refractivity contribution in [2.24, 2.45) is 0 Å². The predicted molar refractivity (Wildman–Crippen MR) is 111 cm³/mol. The van der Waals surface area contributed by atoms with E-state index in [1.54, 1.807) is 18.2 Å². The van der Waals surface area contributed by atoms with Crippen LogP contribution in [-0.2, 0) is 6.18 Å². The van der Waals surface area contributed by atoms with E-state index in [0.717, 1.165) is 38.5 Å². The smallest absolute Gasteiger partial charge is 0.417 e. The molecule has 0 spiro atoms. The highest BCUT2D eigenvalue weighted by atomic mass is 19.4. The number of fused-ring (bicyclic) bond motifs is 1. The summed E-state index contributed by atoms with van der Waals surface area (Å²) in [5, 5.41) is 4.40. The second-order valence-electron chi connectivity index (χ2n) is 7.23. The van der Waals surface area contributed by atoms with Gasteiger partial charge in [0.2, 0.25) is 5.88 Å². The average molecular weight is 420 g/mol. The van der Waals surface area contributed by atoms with Crippen molar-refractivity contribution in [1.82, 2.24) is 19.5 Å². The lowest BCUT2D eigenvalue weighted by atomic mass is 10.0. The van der Waals surface area contributed by atoms with Crippen molar-refractivity contribution in [1.29, 1.82) is 0 Å². The number of nitrogens with zero attached hydrogens (tertiary/aromatic N) is 4. The molecule has 0 fully saturated rings. The summed E-state index contributed by atoms with van der Waals surface area (Å²) in [6.07, 6.45) is -1.25. The van der Waals surface area contributed by atoms with Crippen LogP contribution in [0, 0.1) is 0 Å². The van der Waals surface area contributed by atoms with E-state index >= 15 is 0 Å². The zero-order valence-electron chi connectivity index (χ0n) is 17.5. The van der Waals surface area contributed by atoms with Crippen LogP contribution in [0.4, 0.5) is 13.2 Å². The van der Waals surface area contributed by atoms with Crippen LogP contribution in [0.3, 0.4) is 0 Å². The van der Waals surface area contributed by atoms with Crippen LogP contribution >= 0.6 is 0 Å². The highest BCUT2D eigenvalue weighted by molar-refractivity contribution is 5.67. The van der Waals surface area contributed by atoms with Crippen molar-refractivity contribution >= 4 is 5.65 Å². The Morgan fingerprint density at radius 1 is 1.10 bits per heavy atom. The Bertz CT molecular complexity index is 966. The van der Waals surface area contributed by atoms with E-state index in [2.05, 4.69) is 28.8 Å². The van der Waals surface area contributed by atoms with Gasteiger partial charge in [-0.15, -0.1) is 5.10 Å². The third-order valence-electron chi connectivity index (χ3n) is 5.15. The molecule has 0 saturated carbocycles. The molecule has 1 aromatic carbocycles. The minimum atomic E-state index is -4.46. The van der Waals surface area contributed by atoms with Gasteiger partial charge in [0.1, 0.15) is 0 Å². The number of benzene rings is 1. The molecule has 8 heteroatoms. The number of hydrogen-bond acceptors (Lipinski definition) is 4. The second-order valence-corrected chi connectivity index (χ2v) is 7.23. The molecular weight excluding hydrogens is 393 g/mol. The van der Waals surface area contributed by atoms with Gasteiger partial charge in [0.15, 0.2) is 5.65 Å². The lowest BCUT2D eigenvalue weighted by Gasteiger charge is -2.19. The maximum atomic E-state index is 13.4. The topological polar surface area (TPSA) is 42.7 Å². The summed E-state index contributed by atoms with van der Waals surface area (Å²) in [7, 11) is 0. The lowest BCUT2D eigenvalue weighted by molar-refractivity contribution is -0.137. The fourth-order valence-corrected chi connectivity index (χ4v) is 3.46. The number of aromatic nitrogens is 3. The molecule has 0 radical (unpaired) electrons. The summed E-state index contributed by atoms with van der Waals surface area (Å²) >= 11 is 0. The summed E-state index contributed by atoms with van der Waals surface area (Å²) in [4.78, 5) is 6.55. The van der Waals surface area contributed by atoms with Crippen molar-refractivity contribution < 1.29 is 17.9 Å². The third kappa shape index (κ3) is 5.11. The molecule has 2 aromatic heterocycles. The summed E-state index contributed by atoms with van der Waals surface area (Å²) in [6.45, 7) is 9.30. The van der Waals surface area contributed by atoms with Crippen molar-refractivity contribution in [2.45, 2.75) is 45.9 Å². The maximum absolute atomic E-state index is 13.4. The molecule has 3 aromatic rings. The number of hydrogen-bond donors (Lipinski definition) is 0. The Morgan fingerprint density at radius 3 is 2.53 bits per heavy atom. The van der Waals surface area contributed by atoms with Gasteiger partial charge in [-0.1, -0.05) is 32.0 Å². The SMILES string of the molecule is CCN(CC)CCCC(C)Oc1ccc2ncc(-c3ccccc3C(F)(F)F)n2n1. The zero-order valence-corrected chi connectivity index (χ0v) is 17.5. The highest BCUT2D eigenvalue weighted by Crippen LogP contribution is 2.37. The standard InChI is InChI=1S/C22H27F3N4O/c1-4-28(5-2)14-8-9-16(3)30-21-13-12-20-26-15-19(29(20)27-21)17-10-6-7-11-18(17)22(23,24)25/h6-7,10-13,15-16H,4-5,8-9,14H2,1-3H3. The van der Waals surface area contributed by atoms with Gasteiger partial charge in [-0.25, -0.2) is 9.50 Å².